The molecule has 0 atom stereocenters. The van der Waals surface area contributed by atoms with Gasteiger partial charge in [0, 0.05) is 33.3 Å². The van der Waals surface area contributed by atoms with E-state index in [1.807, 2.05) is 0 Å². The van der Waals surface area contributed by atoms with Crippen LogP contribution in [0.15, 0.2) is 36.4 Å². The van der Waals surface area contributed by atoms with Crippen LogP contribution in [0.25, 0.3) is 11.1 Å². The van der Waals surface area contributed by atoms with Gasteiger partial charge in [-0.3, -0.25) is 10.1 Å². The number of ether oxygens (including phenoxy) is 1. The Morgan fingerprint density at radius 1 is 1.05 bits per heavy atom. The van der Waals surface area contributed by atoms with Crippen molar-refractivity contribution in [2.45, 2.75) is 0 Å². The van der Waals surface area contributed by atoms with E-state index in [9.17, 15) is 10.1 Å². The fourth-order valence-corrected chi connectivity index (χ4v) is 2.11. The van der Waals surface area contributed by atoms with Gasteiger partial charge >= 0.3 is 0 Å². The molecule has 4 nitrogen and oxygen atoms in total. The predicted octanol–water partition coefficient (Wildman–Crippen LogP) is 4.58. The van der Waals surface area contributed by atoms with E-state index in [0.29, 0.717) is 26.9 Å². The maximum Gasteiger partial charge on any atom is 0.270 e. The molecule has 2 aromatic rings. The monoisotopic (exact) mass is 297 g/mol. The third kappa shape index (κ3) is 2.80. The average Bonchev–Trinajstić information content (AvgIpc) is 2.40. The molecule has 0 bridgehead atoms. The summed E-state index contributed by atoms with van der Waals surface area (Å²) >= 11 is 12.2. The minimum Gasteiger partial charge on any atom is -0.497 e. The first-order chi connectivity index (χ1) is 9.02. The molecule has 98 valence electrons. The van der Waals surface area contributed by atoms with Gasteiger partial charge in [0.1, 0.15) is 5.75 Å². The van der Waals surface area contributed by atoms with Gasteiger partial charge in [-0.1, -0.05) is 23.2 Å². The van der Waals surface area contributed by atoms with Crippen molar-refractivity contribution >= 4 is 28.9 Å². The minimum atomic E-state index is -0.478. The number of nitro benzene ring substituents is 1. The number of nitrogens with zero attached hydrogens (tertiary/aromatic N) is 1. The van der Waals surface area contributed by atoms with Gasteiger partial charge in [0.15, 0.2) is 0 Å². The summed E-state index contributed by atoms with van der Waals surface area (Å²) < 4.78 is 5.11. The molecule has 0 aliphatic heterocycles. The minimum absolute atomic E-state index is 0.0433. The van der Waals surface area contributed by atoms with E-state index in [4.69, 9.17) is 27.9 Å². The number of rotatable bonds is 3. The van der Waals surface area contributed by atoms with Crippen molar-refractivity contribution < 1.29 is 9.66 Å². The second kappa shape index (κ2) is 5.47. The van der Waals surface area contributed by atoms with Gasteiger partial charge in [0.25, 0.3) is 5.69 Å². The standard InChI is InChI=1S/C13H9Cl2NO3/c1-19-9-3-5-13(15)11(7-9)10-6-8(16(17)18)2-4-12(10)14/h2-7H,1H3. The predicted molar refractivity (Wildman–Crippen MR) is 75.1 cm³/mol. The SMILES string of the molecule is COc1ccc(Cl)c(-c2cc([N+](=O)[O-])ccc2Cl)c1. The van der Waals surface area contributed by atoms with E-state index in [1.165, 1.54) is 25.3 Å². The molecule has 0 amide bonds. The molecule has 0 aromatic heterocycles. The summed E-state index contributed by atoms with van der Waals surface area (Å²) in [5, 5.41) is 11.6. The molecule has 0 aliphatic rings. The Hall–Kier alpha value is -1.78. The van der Waals surface area contributed by atoms with E-state index in [-0.39, 0.29) is 5.69 Å². The molecule has 0 radical (unpaired) electrons. The second-order valence-electron chi connectivity index (χ2n) is 3.77. The number of non-ortho nitro benzene ring substituents is 1. The fraction of sp³-hybridized carbons (Fsp3) is 0.0769. The van der Waals surface area contributed by atoms with Crippen molar-refractivity contribution in [3.8, 4) is 16.9 Å². The Labute approximate surface area is 119 Å². The molecule has 0 saturated carbocycles. The van der Waals surface area contributed by atoms with Gasteiger partial charge in [0.2, 0.25) is 0 Å². The first-order valence-electron chi connectivity index (χ1n) is 5.31. The molecule has 0 fully saturated rings. The molecule has 0 aliphatic carbocycles. The lowest BCUT2D eigenvalue weighted by molar-refractivity contribution is -0.384. The Bertz CT molecular complexity index is 644. The van der Waals surface area contributed by atoms with Crippen molar-refractivity contribution in [3.63, 3.8) is 0 Å². The average molecular weight is 298 g/mol. The largest absolute Gasteiger partial charge is 0.497 e. The molecule has 0 unspecified atom stereocenters. The van der Waals surface area contributed by atoms with Gasteiger partial charge in [0.05, 0.1) is 12.0 Å². The summed E-state index contributed by atoms with van der Waals surface area (Å²) in [6.07, 6.45) is 0. The van der Waals surface area contributed by atoms with E-state index < -0.39 is 4.92 Å². The molecule has 0 spiro atoms. The molecule has 19 heavy (non-hydrogen) atoms. The number of hydrogen-bond donors (Lipinski definition) is 0. The smallest absolute Gasteiger partial charge is 0.270 e. The molecule has 2 aromatic carbocycles. The lowest BCUT2D eigenvalue weighted by Crippen LogP contribution is -1.90. The summed E-state index contributed by atoms with van der Waals surface area (Å²) in [5.41, 5.74) is 1.05. The zero-order valence-corrected chi connectivity index (χ0v) is 11.4. The number of nitro groups is 1. The highest BCUT2D eigenvalue weighted by atomic mass is 35.5. The lowest BCUT2D eigenvalue weighted by Gasteiger charge is -2.09. The highest BCUT2D eigenvalue weighted by Gasteiger charge is 2.14. The molecule has 6 heteroatoms. The normalized spacial score (nSPS) is 10.3. The third-order valence-electron chi connectivity index (χ3n) is 2.62. The van der Waals surface area contributed by atoms with E-state index in [2.05, 4.69) is 0 Å². The topological polar surface area (TPSA) is 52.4 Å². The van der Waals surface area contributed by atoms with Gasteiger partial charge in [-0.25, -0.2) is 0 Å². The van der Waals surface area contributed by atoms with E-state index in [0.717, 1.165) is 0 Å². The molecular formula is C13H9Cl2NO3. The van der Waals surface area contributed by atoms with E-state index >= 15 is 0 Å². The molecule has 0 N–H and O–H groups in total. The van der Waals surface area contributed by atoms with Crippen molar-refractivity contribution in [2.24, 2.45) is 0 Å². The van der Waals surface area contributed by atoms with Gasteiger partial charge in [-0.05, 0) is 24.3 Å². The zero-order chi connectivity index (χ0) is 14.0. The summed E-state index contributed by atoms with van der Waals surface area (Å²) in [6, 6.07) is 9.27. The Kier molecular flexibility index (Phi) is 3.93. The molecule has 2 rings (SSSR count). The van der Waals surface area contributed by atoms with Crippen LogP contribution in [0.1, 0.15) is 0 Å². The van der Waals surface area contributed by atoms with Gasteiger partial charge in [-0.2, -0.15) is 0 Å². The lowest BCUT2D eigenvalue weighted by atomic mass is 10.0. The van der Waals surface area contributed by atoms with Crippen LogP contribution in [0.5, 0.6) is 5.75 Å². The van der Waals surface area contributed by atoms with Gasteiger partial charge in [-0.15, -0.1) is 0 Å². The number of methoxy groups -OCH3 is 1. The van der Waals surface area contributed by atoms with Crippen LogP contribution < -0.4 is 4.74 Å². The highest BCUT2D eigenvalue weighted by Crippen LogP contribution is 2.37. The van der Waals surface area contributed by atoms with Gasteiger partial charge < -0.3 is 4.74 Å². The summed E-state index contributed by atoms with van der Waals surface area (Å²) in [5.74, 6) is 0.599. The maximum absolute atomic E-state index is 10.8. The molecule has 0 saturated heterocycles. The zero-order valence-electron chi connectivity index (χ0n) is 9.89. The van der Waals surface area contributed by atoms with Crippen LogP contribution >= 0.6 is 23.2 Å². The van der Waals surface area contributed by atoms with Crippen LogP contribution in [0.4, 0.5) is 5.69 Å². The van der Waals surface area contributed by atoms with Crippen LogP contribution in [0.2, 0.25) is 10.0 Å². The van der Waals surface area contributed by atoms with Crippen molar-refractivity contribution in [2.75, 3.05) is 7.11 Å². The third-order valence-corrected chi connectivity index (χ3v) is 3.28. The number of benzene rings is 2. The maximum atomic E-state index is 10.8. The number of hydrogen-bond acceptors (Lipinski definition) is 3. The van der Waals surface area contributed by atoms with Crippen LogP contribution in [-0.4, -0.2) is 12.0 Å². The van der Waals surface area contributed by atoms with Crippen molar-refractivity contribution in [3.05, 3.63) is 56.6 Å². The molecular weight excluding hydrogens is 289 g/mol. The van der Waals surface area contributed by atoms with Crippen molar-refractivity contribution in [1.29, 1.82) is 0 Å². The Morgan fingerprint density at radius 3 is 2.21 bits per heavy atom. The Balaban J connectivity index is 2.63. The van der Waals surface area contributed by atoms with Crippen LogP contribution in [0.3, 0.4) is 0 Å². The fourth-order valence-electron chi connectivity index (χ4n) is 1.67. The Morgan fingerprint density at radius 2 is 1.63 bits per heavy atom. The first-order valence-corrected chi connectivity index (χ1v) is 6.06. The number of halogens is 2. The van der Waals surface area contributed by atoms with Crippen LogP contribution in [0, 0.1) is 10.1 Å². The molecule has 0 heterocycles. The second-order valence-corrected chi connectivity index (χ2v) is 4.58. The van der Waals surface area contributed by atoms with Crippen molar-refractivity contribution in [1.82, 2.24) is 0 Å². The van der Waals surface area contributed by atoms with Crippen LogP contribution in [-0.2, 0) is 0 Å². The quantitative estimate of drug-likeness (QED) is 0.615. The summed E-state index contributed by atoms with van der Waals surface area (Å²) in [7, 11) is 1.53. The first kappa shape index (κ1) is 13.6. The highest BCUT2D eigenvalue weighted by molar-refractivity contribution is 6.36. The van der Waals surface area contributed by atoms with E-state index in [1.54, 1.807) is 18.2 Å². The summed E-state index contributed by atoms with van der Waals surface area (Å²) in [4.78, 5) is 10.3. The summed E-state index contributed by atoms with van der Waals surface area (Å²) in [6.45, 7) is 0.